The maximum atomic E-state index is 13.0. The zero-order valence-corrected chi connectivity index (χ0v) is 16.4. The number of anilines is 2. The minimum atomic E-state index is -3.74. The second-order valence-electron chi connectivity index (χ2n) is 6.27. The average Bonchev–Trinajstić information content (AvgIpc) is 2.69. The van der Waals surface area contributed by atoms with Gasteiger partial charge in [0.2, 0.25) is 0 Å². The van der Waals surface area contributed by atoms with Crippen LogP contribution in [0.25, 0.3) is 0 Å². The van der Waals surface area contributed by atoms with Gasteiger partial charge in [0.25, 0.3) is 10.0 Å². The SMILES string of the molecule is COCc1ccccc1NS(=O)(=O)c1ccc(OC)c(N2CCNCC2)c1. The van der Waals surface area contributed by atoms with Gasteiger partial charge in [-0.25, -0.2) is 8.42 Å². The van der Waals surface area contributed by atoms with Gasteiger partial charge in [0.05, 0.1) is 30.0 Å². The number of methoxy groups -OCH3 is 2. The van der Waals surface area contributed by atoms with Crippen LogP contribution in [-0.2, 0) is 21.4 Å². The molecule has 8 heteroatoms. The minimum Gasteiger partial charge on any atom is -0.495 e. The minimum absolute atomic E-state index is 0.198. The van der Waals surface area contributed by atoms with Gasteiger partial charge in [-0.05, 0) is 24.3 Å². The zero-order valence-electron chi connectivity index (χ0n) is 15.6. The summed E-state index contributed by atoms with van der Waals surface area (Å²) in [4.78, 5) is 2.33. The first-order valence-corrected chi connectivity index (χ1v) is 10.3. The number of benzene rings is 2. The molecule has 0 saturated carbocycles. The predicted octanol–water partition coefficient (Wildman–Crippen LogP) is 2.05. The van der Waals surface area contributed by atoms with E-state index >= 15 is 0 Å². The summed E-state index contributed by atoms with van der Waals surface area (Å²) in [5.41, 5.74) is 2.07. The summed E-state index contributed by atoms with van der Waals surface area (Å²) in [5.74, 6) is 0.663. The third-order valence-electron chi connectivity index (χ3n) is 4.48. The molecule has 0 radical (unpaired) electrons. The van der Waals surface area contributed by atoms with E-state index in [0.717, 1.165) is 37.4 Å². The quantitative estimate of drug-likeness (QED) is 0.752. The molecule has 0 aliphatic carbocycles. The van der Waals surface area contributed by atoms with Crippen LogP contribution in [0.4, 0.5) is 11.4 Å². The summed E-state index contributed by atoms with van der Waals surface area (Å²) in [7, 11) is -0.574. The third kappa shape index (κ3) is 4.52. The van der Waals surface area contributed by atoms with Crippen molar-refractivity contribution in [3.05, 3.63) is 48.0 Å². The van der Waals surface area contributed by atoms with Crippen molar-refractivity contribution >= 4 is 21.4 Å². The van der Waals surface area contributed by atoms with Gasteiger partial charge in [-0.15, -0.1) is 0 Å². The molecule has 2 aromatic carbocycles. The first-order valence-electron chi connectivity index (χ1n) is 8.78. The molecule has 1 aliphatic rings. The Kier molecular flexibility index (Phi) is 6.20. The van der Waals surface area contributed by atoms with E-state index in [1.807, 2.05) is 12.1 Å². The van der Waals surface area contributed by atoms with Crippen molar-refractivity contribution in [2.45, 2.75) is 11.5 Å². The van der Waals surface area contributed by atoms with E-state index in [2.05, 4.69) is 14.9 Å². The molecule has 0 unspecified atom stereocenters. The number of rotatable bonds is 7. The highest BCUT2D eigenvalue weighted by atomic mass is 32.2. The molecule has 1 saturated heterocycles. The van der Waals surface area contributed by atoms with Gasteiger partial charge in [0.15, 0.2) is 0 Å². The topological polar surface area (TPSA) is 79.9 Å². The first kappa shape index (κ1) is 19.5. The van der Waals surface area contributed by atoms with E-state index in [4.69, 9.17) is 9.47 Å². The Hall–Kier alpha value is -2.29. The van der Waals surface area contributed by atoms with E-state index in [9.17, 15) is 8.42 Å². The summed E-state index contributed by atoms with van der Waals surface area (Å²) in [6, 6.07) is 12.1. The smallest absolute Gasteiger partial charge is 0.261 e. The van der Waals surface area contributed by atoms with Crippen LogP contribution in [0.5, 0.6) is 5.75 Å². The van der Waals surface area contributed by atoms with Gasteiger partial charge in [0, 0.05) is 38.9 Å². The standard InChI is InChI=1S/C19H25N3O4S/c1-25-14-15-5-3-4-6-17(15)21-27(23,24)16-7-8-19(26-2)18(13-16)22-11-9-20-10-12-22/h3-8,13,20-21H,9-12,14H2,1-2H3. The lowest BCUT2D eigenvalue weighted by atomic mass is 10.2. The Morgan fingerprint density at radius 2 is 1.85 bits per heavy atom. The fraction of sp³-hybridized carbons (Fsp3) is 0.368. The Bertz CT molecular complexity index is 880. The molecule has 2 N–H and O–H groups in total. The average molecular weight is 391 g/mol. The number of hydrogen-bond acceptors (Lipinski definition) is 6. The van der Waals surface area contributed by atoms with Crippen LogP contribution in [0.1, 0.15) is 5.56 Å². The highest BCUT2D eigenvalue weighted by Gasteiger charge is 2.21. The van der Waals surface area contributed by atoms with E-state index in [0.29, 0.717) is 18.0 Å². The van der Waals surface area contributed by atoms with Gasteiger partial charge < -0.3 is 19.7 Å². The Morgan fingerprint density at radius 1 is 1.11 bits per heavy atom. The van der Waals surface area contributed by atoms with E-state index in [-0.39, 0.29) is 4.90 Å². The third-order valence-corrected chi connectivity index (χ3v) is 5.84. The van der Waals surface area contributed by atoms with Crippen LogP contribution in [0, 0.1) is 0 Å². The summed E-state index contributed by atoms with van der Waals surface area (Å²) in [5, 5.41) is 3.29. The predicted molar refractivity (Wildman–Crippen MR) is 106 cm³/mol. The van der Waals surface area contributed by atoms with Crippen LogP contribution >= 0.6 is 0 Å². The molecule has 3 rings (SSSR count). The number of sulfonamides is 1. The zero-order chi connectivity index (χ0) is 19.3. The molecule has 27 heavy (non-hydrogen) atoms. The molecule has 1 heterocycles. The monoisotopic (exact) mass is 391 g/mol. The molecule has 1 fully saturated rings. The van der Waals surface area contributed by atoms with Crippen molar-refractivity contribution in [3.63, 3.8) is 0 Å². The van der Waals surface area contributed by atoms with Gasteiger partial charge >= 0.3 is 0 Å². The normalized spacial score (nSPS) is 14.8. The van der Waals surface area contributed by atoms with Gasteiger partial charge in [-0.1, -0.05) is 18.2 Å². The van der Waals surface area contributed by atoms with Crippen LogP contribution in [0.15, 0.2) is 47.4 Å². The molecular formula is C19H25N3O4S. The number of nitrogens with zero attached hydrogens (tertiary/aromatic N) is 1. The number of hydrogen-bond donors (Lipinski definition) is 2. The van der Waals surface area contributed by atoms with Crippen molar-refractivity contribution in [2.75, 3.05) is 50.0 Å². The van der Waals surface area contributed by atoms with Crippen molar-refractivity contribution in [3.8, 4) is 5.75 Å². The molecule has 0 bridgehead atoms. The first-order chi connectivity index (χ1) is 13.0. The van der Waals surface area contributed by atoms with Gasteiger partial charge in [-0.3, -0.25) is 4.72 Å². The molecular weight excluding hydrogens is 366 g/mol. The number of ether oxygens (including phenoxy) is 2. The highest BCUT2D eigenvalue weighted by Crippen LogP contribution is 2.32. The van der Waals surface area contributed by atoms with Gasteiger partial charge in [-0.2, -0.15) is 0 Å². The van der Waals surface area contributed by atoms with Crippen molar-refractivity contribution in [1.29, 1.82) is 0 Å². The Morgan fingerprint density at radius 3 is 2.56 bits per heavy atom. The van der Waals surface area contributed by atoms with Crippen molar-refractivity contribution in [2.24, 2.45) is 0 Å². The lowest BCUT2D eigenvalue weighted by molar-refractivity contribution is 0.185. The maximum absolute atomic E-state index is 13.0. The van der Waals surface area contributed by atoms with Crippen LogP contribution in [0.3, 0.4) is 0 Å². The molecule has 0 amide bonds. The summed E-state index contributed by atoms with van der Waals surface area (Å²) in [6.45, 7) is 3.62. The summed E-state index contributed by atoms with van der Waals surface area (Å²) >= 11 is 0. The summed E-state index contributed by atoms with van der Waals surface area (Å²) < 4.78 is 39.2. The number of piperazine rings is 1. The highest BCUT2D eigenvalue weighted by molar-refractivity contribution is 7.92. The van der Waals surface area contributed by atoms with Crippen LogP contribution in [0.2, 0.25) is 0 Å². The second-order valence-corrected chi connectivity index (χ2v) is 7.95. The molecule has 146 valence electrons. The molecule has 7 nitrogen and oxygen atoms in total. The fourth-order valence-electron chi connectivity index (χ4n) is 3.09. The van der Waals surface area contributed by atoms with Crippen LogP contribution in [-0.4, -0.2) is 48.8 Å². The Labute approximate surface area is 160 Å². The van der Waals surface area contributed by atoms with E-state index in [1.54, 1.807) is 44.6 Å². The molecule has 0 atom stereocenters. The lowest BCUT2D eigenvalue weighted by Crippen LogP contribution is -2.43. The number of para-hydroxylation sites is 1. The molecule has 2 aromatic rings. The van der Waals surface area contributed by atoms with Crippen LogP contribution < -0.4 is 19.7 Å². The van der Waals surface area contributed by atoms with Crippen molar-refractivity contribution in [1.82, 2.24) is 5.32 Å². The van der Waals surface area contributed by atoms with Crippen molar-refractivity contribution < 1.29 is 17.9 Å². The Balaban J connectivity index is 1.92. The second kappa shape index (κ2) is 8.60. The van der Waals surface area contributed by atoms with E-state index in [1.165, 1.54) is 0 Å². The largest absolute Gasteiger partial charge is 0.495 e. The lowest BCUT2D eigenvalue weighted by Gasteiger charge is -2.30. The number of nitrogens with one attached hydrogen (secondary N) is 2. The summed E-state index contributed by atoms with van der Waals surface area (Å²) in [6.07, 6.45) is 0. The van der Waals surface area contributed by atoms with Gasteiger partial charge in [0.1, 0.15) is 5.75 Å². The molecule has 0 aromatic heterocycles. The fourth-order valence-corrected chi connectivity index (χ4v) is 4.22. The molecule has 0 spiro atoms. The van der Waals surface area contributed by atoms with E-state index < -0.39 is 10.0 Å². The molecule has 1 aliphatic heterocycles. The maximum Gasteiger partial charge on any atom is 0.261 e.